The van der Waals surface area contributed by atoms with Crippen molar-refractivity contribution in [1.82, 2.24) is 20.6 Å². The molecule has 0 bridgehead atoms. The highest BCUT2D eigenvalue weighted by atomic mass is 32.2. The summed E-state index contributed by atoms with van der Waals surface area (Å²) in [7, 11) is -0.443. The molecule has 3 aromatic rings. The predicted octanol–water partition coefficient (Wildman–Crippen LogP) is 2.76. The van der Waals surface area contributed by atoms with Crippen molar-refractivity contribution in [3.05, 3.63) is 47.5 Å². The highest BCUT2D eigenvalue weighted by Gasteiger charge is 2.40. The number of halogens is 3. The number of benzene rings is 2. The molecule has 3 N–H and O–H groups in total. The van der Waals surface area contributed by atoms with Crippen LogP contribution >= 0.6 is 0 Å². The van der Waals surface area contributed by atoms with Crippen molar-refractivity contribution in [2.75, 3.05) is 27.2 Å². The van der Waals surface area contributed by atoms with Crippen molar-refractivity contribution >= 4 is 10.0 Å². The number of H-pyrrole nitrogens is 1. The van der Waals surface area contributed by atoms with Gasteiger partial charge < -0.3 is 4.48 Å². The van der Waals surface area contributed by atoms with Gasteiger partial charge in [-0.25, -0.2) is 13.6 Å². The van der Waals surface area contributed by atoms with Crippen LogP contribution < -0.4 is 5.14 Å². The van der Waals surface area contributed by atoms with Gasteiger partial charge in [-0.05, 0) is 28.0 Å². The highest BCUT2D eigenvalue weighted by molar-refractivity contribution is 7.89. The largest absolute Gasteiger partial charge is 0.417 e. The number of sulfonamides is 1. The molecule has 0 radical (unpaired) electrons. The van der Waals surface area contributed by atoms with E-state index in [1.54, 1.807) is 12.1 Å². The van der Waals surface area contributed by atoms with Gasteiger partial charge in [-0.2, -0.15) is 18.4 Å². The molecule has 12 heteroatoms. The van der Waals surface area contributed by atoms with E-state index in [1.165, 1.54) is 6.07 Å². The number of quaternary nitrogens is 1. The summed E-state index contributed by atoms with van der Waals surface area (Å²) in [5.41, 5.74) is 0.113. The fourth-order valence-electron chi connectivity index (χ4n) is 4.32. The van der Waals surface area contributed by atoms with Gasteiger partial charge in [0, 0.05) is 12.3 Å². The van der Waals surface area contributed by atoms with Crippen LogP contribution in [0.5, 0.6) is 0 Å². The number of rotatable bonds is 4. The Balaban J connectivity index is 1.88. The molecule has 2 aromatic carbocycles. The summed E-state index contributed by atoms with van der Waals surface area (Å²) in [6, 6.07) is 9.26. The highest BCUT2D eigenvalue weighted by Crippen LogP contribution is 2.43. The average molecular weight is 467 g/mol. The maximum atomic E-state index is 13.6. The first kappa shape index (κ1) is 22.4. The van der Waals surface area contributed by atoms with Gasteiger partial charge in [-0.1, -0.05) is 30.3 Å². The number of nitrogens with two attached hydrogens (primary N) is 1. The zero-order valence-electron chi connectivity index (χ0n) is 17.4. The van der Waals surface area contributed by atoms with Gasteiger partial charge in [0.25, 0.3) is 0 Å². The molecule has 1 aliphatic heterocycles. The van der Waals surface area contributed by atoms with E-state index in [9.17, 15) is 21.6 Å². The molecular weight excluding hydrogens is 445 g/mol. The fraction of sp³-hybridized carbons (Fsp3) is 0.350. The molecular formula is C20H22F3N6O2S+. The van der Waals surface area contributed by atoms with Gasteiger partial charge in [0.2, 0.25) is 15.8 Å². The van der Waals surface area contributed by atoms with E-state index in [-0.39, 0.29) is 17.0 Å². The molecule has 4 rings (SSSR count). The van der Waals surface area contributed by atoms with Crippen LogP contribution in [-0.2, 0) is 16.2 Å². The van der Waals surface area contributed by atoms with Crippen LogP contribution in [0.1, 0.15) is 23.5 Å². The Labute approximate surface area is 182 Å². The first-order chi connectivity index (χ1) is 14.9. The summed E-state index contributed by atoms with van der Waals surface area (Å²) >= 11 is 0. The van der Waals surface area contributed by atoms with Gasteiger partial charge in [0.1, 0.15) is 4.90 Å². The summed E-state index contributed by atoms with van der Waals surface area (Å²) < 4.78 is 66.4. The van der Waals surface area contributed by atoms with E-state index >= 15 is 0 Å². The second kappa shape index (κ2) is 7.64. The van der Waals surface area contributed by atoms with E-state index in [1.807, 2.05) is 12.1 Å². The van der Waals surface area contributed by atoms with Crippen LogP contribution in [0.2, 0.25) is 0 Å². The quantitative estimate of drug-likeness (QED) is 0.573. The van der Waals surface area contributed by atoms with Gasteiger partial charge >= 0.3 is 6.18 Å². The summed E-state index contributed by atoms with van der Waals surface area (Å²) in [5, 5.41) is 18.2. The number of aromatic amines is 1. The lowest BCUT2D eigenvalue weighted by atomic mass is 9.93. The zero-order chi connectivity index (χ0) is 23.3. The predicted molar refractivity (Wildman–Crippen MR) is 111 cm³/mol. The molecule has 0 aliphatic carbocycles. The van der Waals surface area contributed by atoms with Crippen LogP contribution in [0, 0.1) is 0 Å². The maximum Gasteiger partial charge on any atom is 0.417 e. The van der Waals surface area contributed by atoms with Gasteiger partial charge in [0.15, 0.2) is 0 Å². The first-order valence-corrected chi connectivity index (χ1v) is 11.3. The number of hydrogen-bond acceptors (Lipinski definition) is 5. The number of tetrazole rings is 1. The second-order valence-electron chi connectivity index (χ2n) is 8.59. The minimum Gasteiger partial charge on any atom is -0.328 e. The molecule has 170 valence electrons. The lowest BCUT2D eigenvalue weighted by Gasteiger charge is -2.23. The van der Waals surface area contributed by atoms with Crippen molar-refractivity contribution in [2.24, 2.45) is 5.14 Å². The number of alkyl halides is 3. The van der Waals surface area contributed by atoms with E-state index in [4.69, 9.17) is 5.14 Å². The third-order valence-corrected chi connectivity index (χ3v) is 6.80. The standard InChI is InChI=1S/C20H22F3N6O2S/c1-29(2)10-9-14(11-29)12-3-5-13(6-4-12)15-7-8-16(20(21,22)23)18(32(24,30)31)17(15)19-25-27-28-26-19/h3-8,14H,9-11H2,1-2H3,(H2,24,30,31)(H,25,26,27,28)/q+1. The number of aromatic nitrogens is 4. The Kier molecular flexibility index (Phi) is 5.34. The second-order valence-corrected chi connectivity index (χ2v) is 10.1. The Hall–Kier alpha value is -2.83. The minimum atomic E-state index is -4.95. The number of likely N-dealkylation sites (tertiary alicyclic amines) is 1. The summed E-state index contributed by atoms with van der Waals surface area (Å²) in [5.74, 6) is 0.0809. The topological polar surface area (TPSA) is 115 Å². The molecule has 0 saturated carbocycles. The number of nitrogens with zero attached hydrogens (tertiary/aromatic N) is 4. The van der Waals surface area contributed by atoms with Gasteiger partial charge in [0.05, 0.1) is 38.3 Å². The van der Waals surface area contributed by atoms with E-state index in [0.717, 1.165) is 29.6 Å². The third-order valence-electron chi connectivity index (χ3n) is 5.81. The average Bonchev–Trinajstić information content (AvgIpc) is 3.35. The molecule has 1 unspecified atom stereocenters. The molecule has 0 spiro atoms. The first-order valence-electron chi connectivity index (χ1n) is 9.80. The Morgan fingerprint density at radius 1 is 1.12 bits per heavy atom. The molecule has 1 fully saturated rings. The number of nitrogens with one attached hydrogen (secondary N) is 1. The number of likely N-dealkylation sites (N-methyl/N-ethyl adjacent to an activating group) is 1. The van der Waals surface area contributed by atoms with Gasteiger partial charge in [-0.15, -0.1) is 10.2 Å². The molecule has 8 nitrogen and oxygen atoms in total. The zero-order valence-corrected chi connectivity index (χ0v) is 18.2. The Morgan fingerprint density at radius 2 is 1.81 bits per heavy atom. The monoisotopic (exact) mass is 467 g/mol. The minimum absolute atomic E-state index is 0.206. The molecule has 2 heterocycles. The van der Waals surface area contributed by atoms with Crippen molar-refractivity contribution < 1.29 is 26.1 Å². The number of primary sulfonamides is 1. The smallest absolute Gasteiger partial charge is 0.328 e. The summed E-state index contributed by atoms with van der Waals surface area (Å²) in [4.78, 5) is -1.08. The molecule has 1 aliphatic rings. The molecule has 1 atom stereocenters. The van der Waals surface area contributed by atoms with E-state index in [0.29, 0.717) is 17.5 Å². The van der Waals surface area contributed by atoms with Crippen LogP contribution in [0.3, 0.4) is 0 Å². The maximum absolute atomic E-state index is 13.6. The van der Waals surface area contributed by atoms with Crippen LogP contribution in [0.4, 0.5) is 13.2 Å². The van der Waals surface area contributed by atoms with Crippen molar-refractivity contribution in [1.29, 1.82) is 0 Å². The molecule has 1 saturated heterocycles. The molecule has 1 aromatic heterocycles. The summed E-state index contributed by atoms with van der Waals surface area (Å²) in [6.45, 7) is 2.05. The van der Waals surface area contributed by atoms with Crippen LogP contribution in [0.15, 0.2) is 41.3 Å². The van der Waals surface area contributed by atoms with Crippen LogP contribution in [0.25, 0.3) is 22.5 Å². The van der Waals surface area contributed by atoms with Crippen LogP contribution in [-0.4, -0.2) is 60.7 Å². The number of hydrogen-bond donors (Lipinski definition) is 2. The summed E-state index contributed by atoms with van der Waals surface area (Å²) in [6.07, 6.45) is -3.91. The Morgan fingerprint density at radius 3 is 2.31 bits per heavy atom. The molecule has 32 heavy (non-hydrogen) atoms. The lowest BCUT2D eigenvalue weighted by molar-refractivity contribution is -0.878. The third kappa shape index (κ3) is 4.25. The van der Waals surface area contributed by atoms with Gasteiger partial charge in [-0.3, -0.25) is 0 Å². The molecule has 0 amide bonds. The Bertz CT molecular complexity index is 1240. The normalized spacial score (nSPS) is 18.8. The fourth-order valence-corrected chi connectivity index (χ4v) is 5.30. The van der Waals surface area contributed by atoms with E-state index in [2.05, 4.69) is 34.7 Å². The van der Waals surface area contributed by atoms with E-state index < -0.39 is 26.7 Å². The van der Waals surface area contributed by atoms with Crippen molar-refractivity contribution in [2.45, 2.75) is 23.4 Å². The lowest BCUT2D eigenvalue weighted by Crippen LogP contribution is -2.36. The van der Waals surface area contributed by atoms with Crippen molar-refractivity contribution in [3.8, 4) is 22.5 Å². The van der Waals surface area contributed by atoms with Crippen molar-refractivity contribution in [3.63, 3.8) is 0 Å². The SMILES string of the molecule is C[N+]1(C)CCC(c2ccc(-c3ccc(C(F)(F)F)c(S(N)(=O)=O)c3-c3nn[nH]n3)cc2)C1.